The van der Waals surface area contributed by atoms with E-state index in [2.05, 4.69) is 0 Å². The lowest BCUT2D eigenvalue weighted by atomic mass is 10.2. The third-order valence-corrected chi connectivity index (χ3v) is 1.78. The van der Waals surface area contributed by atoms with Gasteiger partial charge in [0.1, 0.15) is 12.1 Å². The monoisotopic (exact) mass is 181 g/mol. The summed E-state index contributed by atoms with van der Waals surface area (Å²) in [7, 11) is 1.78. The molecule has 2 nitrogen and oxygen atoms in total. The number of hydrogen-bond acceptors (Lipinski definition) is 2. The van der Waals surface area contributed by atoms with Gasteiger partial charge in [0, 0.05) is 12.1 Å². The summed E-state index contributed by atoms with van der Waals surface area (Å²) in [4.78, 5) is 11.9. The maximum atomic E-state index is 13.1. The second-order valence-electron chi connectivity index (χ2n) is 2.95. The van der Waals surface area contributed by atoms with Gasteiger partial charge < -0.3 is 4.79 Å². The van der Waals surface area contributed by atoms with Crippen molar-refractivity contribution < 1.29 is 9.18 Å². The van der Waals surface area contributed by atoms with Gasteiger partial charge in [-0.2, -0.15) is 0 Å². The highest BCUT2D eigenvalue weighted by molar-refractivity contribution is 5.51. The van der Waals surface area contributed by atoms with Crippen LogP contribution in [0, 0.1) is 5.82 Å². The molecule has 0 amide bonds. The Bertz CT molecular complexity index is 288. The maximum absolute atomic E-state index is 13.1. The Morgan fingerprint density at radius 2 is 2.15 bits per heavy atom. The summed E-state index contributed by atoms with van der Waals surface area (Å²) >= 11 is 0. The molecule has 0 spiro atoms. The van der Waals surface area contributed by atoms with Gasteiger partial charge in [-0.25, -0.2) is 4.39 Å². The highest BCUT2D eigenvalue weighted by Crippen LogP contribution is 2.07. The van der Waals surface area contributed by atoms with Crippen molar-refractivity contribution in [3.63, 3.8) is 0 Å². The van der Waals surface area contributed by atoms with E-state index in [9.17, 15) is 9.18 Å². The third-order valence-electron chi connectivity index (χ3n) is 1.78. The molecular weight excluding hydrogens is 169 g/mol. The molecule has 0 heterocycles. The Morgan fingerprint density at radius 1 is 1.46 bits per heavy atom. The average Bonchev–Trinajstić information content (AvgIpc) is 2.09. The SMILES string of the molecule is CN(CC=O)Cc1ccccc1F. The largest absolute Gasteiger partial charge is 0.302 e. The number of hydrogen-bond donors (Lipinski definition) is 0. The molecule has 0 saturated heterocycles. The van der Waals surface area contributed by atoms with Gasteiger partial charge in [-0.05, 0) is 13.1 Å². The van der Waals surface area contributed by atoms with Gasteiger partial charge in [0.25, 0.3) is 0 Å². The van der Waals surface area contributed by atoms with E-state index in [0.29, 0.717) is 18.7 Å². The van der Waals surface area contributed by atoms with Crippen molar-refractivity contribution in [3.05, 3.63) is 35.6 Å². The first-order valence-corrected chi connectivity index (χ1v) is 4.09. The van der Waals surface area contributed by atoms with Crippen molar-refractivity contribution in [3.8, 4) is 0 Å². The number of aldehydes is 1. The molecule has 0 bridgehead atoms. The molecule has 1 aromatic rings. The van der Waals surface area contributed by atoms with Crippen LogP contribution in [0.5, 0.6) is 0 Å². The molecule has 70 valence electrons. The Kier molecular flexibility index (Phi) is 3.58. The third kappa shape index (κ3) is 2.95. The lowest BCUT2D eigenvalue weighted by Crippen LogP contribution is -2.20. The van der Waals surface area contributed by atoms with Crippen molar-refractivity contribution in [2.75, 3.05) is 13.6 Å². The Balaban J connectivity index is 2.63. The molecule has 0 aliphatic rings. The minimum atomic E-state index is -0.222. The van der Waals surface area contributed by atoms with Crippen LogP contribution in [0.15, 0.2) is 24.3 Å². The second kappa shape index (κ2) is 4.72. The fourth-order valence-corrected chi connectivity index (χ4v) is 1.11. The van der Waals surface area contributed by atoms with Gasteiger partial charge in [-0.3, -0.25) is 4.90 Å². The number of halogens is 1. The quantitative estimate of drug-likeness (QED) is 0.655. The van der Waals surface area contributed by atoms with Crippen LogP contribution < -0.4 is 0 Å². The summed E-state index contributed by atoms with van der Waals surface area (Å²) in [6, 6.07) is 6.58. The Hall–Kier alpha value is -1.22. The van der Waals surface area contributed by atoms with E-state index in [4.69, 9.17) is 0 Å². The van der Waals surface area contributed by atoms with E-state index in [0.717, 1.165) is 6.29 Å². The molecule has 0 unspecified atom stereocenters. The molecule has 13 heavy (non-hydrogen) atoms. The molecule has 3 heteroatoms. The first-order chi connectivity index (χ1) is 6.24. The minimum absolute atomic E-state index is 0.222. The minimum Gasteiger partial charge on any atom is -0.302 e. The van der Waals surface area contributed by atoms with Gasteiger partial charge in [0.05, 0.1) is 6.54 Å². The standard InChI is InChI=1S/C10H12FNO/c1-12(6-7-13)8-9-4-2-3-5-10(9)11/h2-5,7H,6,8H2,1H3. The number of benzene rings is 1. The molecule has 0 atom stereocenters. The molecule has 0 aliphatic carbocycles. The molecule has 1 aromatic carbocycles. The van der Waals surface area contributed by atoms with Crippen LogP contribution >= 0.6 is 0 Å². The summed E-state index contributed by atoms with van der Waals surface area (Å²) in [5.74, 6) is -0.222. The van der Waals surface area contributed by atoms with E-state index < -0.39 is 0 Å². The summed E-state index contributed by atoms with van der Waals surface area (Å²) < 4.78 is 13.1. The number of nitrogens with zero attached hydrogens (tertiary/aromatic N) is 1. The molecule has 0 aliphatic heterocycles. The zero-order valence-electron chi connectivity index (χ0n) is 7.53. The van der Waals surface area contributed by atoms with Crippen molar-refractivity contribution in [1.29, 1.82) is 0 Å². The van der Waals surface area contributed by atoms with Crippen molar-refractivity contribution in [2.24, 2.45) is 0 Å². The maximum Gasteiger partial charge on any atom is 0.133 e. The van der Waals surface area contributed by atoms with E-state index in [1.54, 1.807) is 30.1 Å². The van der Waals surface area contributed by atoms with Gasteiger partial charge in [0.15, 0.2) is 0 Å². The average molecular weight is 181 g/mol. The number of carbonyl (C=O) groups excluding carboxylic acids is 1. The molecular formula is C10H12FNO. The van der Waals surface area contributed by atoms with Gasteiger partial charge in [0.2, 0.25) is 0 Å². The Morgan fingerprint density at radius 3 is 2.77 bits per heavy atom. The summed E-state index contributed by atoms with van der Waals surface area (Å²) in [5, 5.41) is 0. The molecule has 0 saturated carbocycles. The lowest BCUT2D eigenvalue weighted by Gasteiger charge is -2.13. The first kappa shape index (κ1) is 9.86. The van der Waals surface area contributed by atoms with Crippen LogP contribution in [0.1, 0.15) is 5.56 Å². The first-order valence-electron chi connectivity index (χ1n) is 4.09. The summed E-state index contributed by atoms with van der Waals surface area (Å²) in [6.45, 7) is 0.791. The fourth-order valence-electron chi connectivity index (χ4n) is 1.11. The summed E-state index contributed by atoms with van der Waals surface area (Å²) in [6.07, 6.45) is 0.806. The molecule has 1 rings (SSSR count). The fraction of sp³-hybridized carbons (Fsp3) is 0.300. The highest BCUT2D eigenvalue weighted by atomic mass is 19.1. The van der Waals surface area contributed by atoms with Crippen LogP contribution in [0.3, 0.4) is 0 Å². The van der Waals surface area contributed by atoms with E-state index in [-0.39, 0.29) is 5.82 Å². The predicted molar refractivity (Wildman–Crippen MR) is 48.8 cm³/mol. The highest BCUT2D eigenvalue weighted by Gasteiger charge is 2.03. The predicted octanol–water partition coefficient (Wildman–Crippen LogP) is 1.46. The van der Waals surface area contributed by atoms with Crippen molar-refractivity contribution >= 4 is 6.29 Å². The smallest absolute Gasteiger partial charge is 0.133 e. The van der Waals surface area contributed by atoms with Crippen LogP contribution in [0.2, 0.25) is 0 Å². The van der Waals surface area contributed by atoms with Crippen molar-refractivity contribution in [2.45, 2.75) is 6.54 Å². The van der Waals surface area contributed by atoms with Crippen LogP contribution in [0.25, 0.3) is 0 Å². The zero-order chi connectivity index (χ0) is 9.68. The van der Waals surface area contributed by atoms with Gasteiger partial charge in [-0.15, -0.1) is 0 Å². The normalized spacial score (nSPS) is 10.4. The van der Waals surface area contributed by atoms with E-state index in [1.807, 2.05) is 0 Å². The molecule has 0 aromatic heterocycles. The number of carbonyl (C=O) groups is 1. The van der Waals surface area contributed by atoms with E-state index in [1.165, 1.54) is 6.07 Å². The zero-order valence-corrected chi connectivity index (χ0v) is 7.53. The van der Waals surface area contributed by atoms with Crippen LogP contribution in [-0.4, -0.2) is 24.8 Å². The molecule has 0 N–H and O–H groups in total. The van der Waals surface area contributed by atoms with Crippen LogP contribution in [0.4, 0.5) is 4.39 Å². The number of rotatable bonds is 4. The van der Waals surface area contributed by atoms with Gasteiger partial charge in [-0.1, -0.05) is 18.2 Å². The summed E-state index contributed by atoms with van der Waals surface area (Å²) in [5.41, 5.74) is 0.617. The molecule has 0 radical (unpaired) electrons. The Labute approximate surface area is 77.0 Å². The van der Waals surface area contributed by atoms with Gasteiger partial charge >= 0.3 is 0 Å². The number of likely N-dealkylation sites (N-methyl/N-ethyl adjacent to an activating group) is 1. The molecule has 0 fully saturated rings. The second-order valence-corrected chi connectivity index (χ2v) is 2.95. The lowest BCUT2D eigenvalue weighted by molar-refractivity contribution is -0.108. The topological polar surface area (TPSA) is 20.3 Å². The van der Waals surface area contributed by atoms with E-state index >= 15 is 0 Å². The van der Waals surface area contributed by atoms with Crippen LogP contribution in [-0.2, 0) is 11.3 Å². The van der Waals surface area contributed by atoms with Crippen molar-refractivity contribution in [1.82, 2.24) is 4.90 Å².